The molecule has 8 rings (SSSR count). The Labute approximate surface area is 316 Å². The van der Waals surface area contributed by atoms with Crippen molar-refractivity contribution in [1.29, 1.82) is 0 Å². The van der Waals surface area contributed by atoms with Crippen LogP contribution in [0.1, 0.15) is 61.8 Å². The van der Waals surface area contributed by atoms with Crippen molar-refractivity contribution in [2.24, 2.45) is 13.0 Å². The van der Waals surface area contributed by atoms with E-state index < -0.39 is 11.7 Å². The quantitative estimate of drug-likeness (QED) is 0.203. The van der Waals surface area contributed by atoms with Crippen molar-refractivity contribution < 1.29 is 24.1 Å². The summed E-state index contributed by atoms with van der Waals surface area (Å²) in [6.45, 7) is 8.09. The molecule has 12 heteroatoms. The third-order valence-electron chi connectivity index (χ3n) is 11.6. The Morgan fingerprint density at radius 3 is 2.39 bits per heavy atom. The van der Waals surface area contributed by atoms with Crippen LogP contribution in [0.25, 0.3) is 22.0 Å². The minimum Gasteiger partial charge on any atom is -0.465 e. The fraction of sp³-hybridized carbons (Fsp3) is 0.524. The van der Waals surface area contributed by atoms with Crippen LogP contribution in [0.4, 0.5) is 10.7 Å². The summed E-state index contributed by atoms with van der Waals surface area (Å²) in [5.41, 5.74) is 4.12. The largest absolute Gasteiger partial charge is 0.465 e. The van der Waals surface area contributed by atoms with Gasteiger partial charge in [0, 0.05) is 76.6 Å². The van der Waals surface area contributed by atoms with Gasteiger partial charge in [0.05, 0.1) is 23.9 Å². The molecule has 2 aromatic heterocycles. The second kappa shape index (κ2) is 15.8. The van der Waals surface area contributed by atoms with Gasteiger partial charge in [-0.2, -0.15) is 0 Å². The van der Waals surface area contributed by atoms with E-state index in [1.54, 1.807) is 11.6 Å². The molecule has 2 atom stereocenters. The van der Waals surface area contributed by atoms with Crippen molar-refractivity contribution in [3.05, 3.63) is 88.0 Å². The zero-order chi connectivity index (χ0) is 37.2. The Bertz CT molecular complexity index is 1970. The lowest BCUT2D eigenvalue weighted by Gasteiger charge is -2.39. The summed E-state index contributed by atoms with van der Waals surface area (Å²) in [5.74, 6) is 1.21. The Hall–Kier alpha value is -4.36. The fourth-order valence-corrected chi connectivity index (χ4v) is 8.26. The van der Waals surface area contributed by atoms with Gasteiger partial charge in [0.15, 0.2) is 11.9 Å². The van der Waals surface area contributed by atoms with Crippen molar-refractivity contribution in [3.8, 4) is 11.1 Å². The average Bonchev–Trinajstić information content (AvgIpc) is 4.03. The lowest BCUT2D eigenvalue weighted by molar-refractivity contribution is -0.197. The standard InChI is InChI=1S/C42H52N6O6/c1-29-24-32(27-45(2)39(29)49)31-11-14-36-35(25-31)38(42(54-34-12-13-34,33-8-4-3-5-9-33)28-53-37-10-6-7-23-52-37)44-40(43-36)47-17-15-30(16-18-47)26-46-19-21-48(22-20-46)41(50)51/h3-5,8-9,11,14,24-25,27,30,34,37H,6-7,10,12-13,15-23,26,28H2,1-2H3,(H,50,51). The number of rotatable bonds is 11. The molecule has 54 heavy (non-hydrogen) atoms. The molecule has 4 fully saturated rings. The van der Waals surface area contributed by atoms with Crippen LogP contribution in [0, 0.1) is 12.8 Å². The zero-order valence-electron chi connectivity index (χ0n) is 31.5. The van der Waals surface area contributed by atoms with Crippen LogP contribution in [-0.4, -0.2) is 107 Å². The van der Waals surface area contributed by atoms with Crippen LogP contribution in [0.3, 0.4) is 0 Å². The number of aromatic nitrogens is 3. The van der Waals surface area contributed by atoms with Gasteiger partial charge in [-0.05, 0) is 92.7 Å². The van der Waals surface area contributed by atoms with E-state index in [4.69, 9.17) is 24.2 Å². The third-order valence-corrected chi connectivity index (χ3v) is 11.6. The van der Waals surface area contributed by atoms with E-state index >= 15 is 0 Å². The number of carbonyl (C=O) groups is 1. The number of amides is 1. The van der Waals surface area contributed by atoms with Crippen molar-refractivity contribution >= 4 is 22.9 Å². The minimum atomic E-state index is -1.03. The smallest absolute Gasteiger partial charge is 0.407 e. The number of piperazine rings is 1. The van der Waals surface area contributed by atoms with Gasteiger partial charge in [-0.3, -0.25) is 9.69 Å². The second-order valence-corrected chi connectivity index (χ2v) is 15.6. The Balaban J connectivity index is 1.18. The van der Waals surface area contributed by atoms with Gasteiger partial charge in [-0.15, -0.1) is 0 Å². The lowest BCUT2D eigenvalue weighted by atomic mass is 9.87. The molecule has 4 aromatic rings. The molecular formula is C42H52N6O6. The number of pyridine rings is 1. The van der Waals surface area contributed by atoms with Gasteiger partial charge < -0.3 is 33.7 Å². The highest BCUT2D eigenvalue weighted by atomic mass is 16.7. The van der Waals surface area contributed by atoms with Crippen LogP contribution in [0.15, 0.2) is 65.6 Å². The number of carboxylic acid groups (broad SMARTS) is 1. The molecule has 5 heterocycles. The van der Waals surface area contributed by atoms with E-state index in [9.17, 15) is 14.7 Å². The molecule has 0 radical (unpaired) electrons. The van der Waals surface area contributed by atoms with Gasteiger partial charge in [0.1, 0.15) is 0 Å². The maximum absolute atomic E-state index is 12.6. The Morgan fingerprint density at radius 2 is 1.70 bits per heavy atom. The number of aryl methyl sites for hydroxylation is 2. The molecule has 2 aromatic carbocycles. The molecule has 1 aliphatic carbocycles. The lowest BCUT2D eigenvalue weighted by Crippen LogP contribution is -2.50. The Kier molecular flexibility index (Phi) is 10.7. The highest BCUT2D eigenvalue weighted by Crippen LogP contribution is 2.44. The van der Waals surface area contributed by atoms with Crippen molar-refractivity contribution in [2.45, 2.75) is 69.9 Å². The topological polar surface area (TPSA) is 122 Å². The first-order valence-corrected chi connectivity index (χ1v) is 19.7. The van der Waals surface area contributed by atoms with Gasteiger partial charge >= 0.3 is 6.09 Å². The first kappa shape index (κ1) is 36.6. The molecule has 1 N–H and O–H groups in total. The van der Waals surface area contributed by atoms with Gasteiger partial charge in [0.2, 0.25) is 5.95 Å². The number of hydrogen-bond donors (Lipinski definition) is 1. The second-order valence-electron chi connectivity index (χ2n) is 15.6. The molecule has 1 saturated carbocycles. The summed E-state index contributed by atoms with van der Waals surface area (Å²) in [7, 11) is 1.79. The van der Waals surface area contributed by atoms with E-state index in [1.807, 2.05) is 37.4 Å². The summed E-state index contributed by atoms with van der Waals surface area (Å²) < 4.78 is 21.6. The number of hydrogen-bond acceptors (Lipinski definition) is 9. The molecule has 3 saturated heterocycles. The summed E-state index contributed by atoms with van der Waals surface area (Å²) in [4.78, 5) is 41.0. The van der Waals surface area contributed by atoms with Gasteiger partial charge in [-0.1, -0.05) is 36.4 Å². The van der Waals surface area contributed by atoms with Crippen LogP contribution in [-0.2, 0) is 26.9 Å². The molecule has 0 spiro atoms. The Morgan fingerprint density at radius 1 is 0.926 bits per heavy atom. The van der Waals surface area contributed by atoms with Crippen LogP contribution in [0.2, 0.25) is 0 Å². The predicted octanol–water partition coefficient (Wildman–Crippen LogP) is 5.78. The monoisotopic (exact) mass is 736 g/mol. The highest BCUT2D eigenvalue weighted by Gasteiger charge is 2.45. The van der Waals surface area contributed by atoms with E-state index in [0.29, 0.717) is 37.1 Å². The summed E-state index contributed by atoms with van der Waals surface area (Å²) in [6, 6.07) is 18.6. The number of piperidine rings is 1. The van der Waals surface area contributed by atoms with Crippen LogP contribution in [0.5, 0.6) is 0 Å². The minimum absolute atomic E-state index is 0.0132. The van der Waals surface area contributed by atoms with Crippen LogP contribution < -0.4 is 10.5 Å². The highest BCUT2D eigenvalue weighted by molar-refractivity contribution is 5.88. The number of anilines is 1. The first-order valence-electron chi connectivity index (χ1n) is 19.7. The van der Waals surface area contributed by atoms with E-state index in [2.05, 4.69) is 40.1 Å². The van der Waals surface area contributed by atoms with Crippen molar-refractivity contribution in [1.82, 2.24) is 24.3 Å². The third kappa shape index (κ3) is 7.89. The average molecular weight is 737 g/mol. The molecule has 3 aliphatic heterocycles. The number of ether oxygens (including phenoxy) is 3. The molecule has 2 unspecified atom stereocenters. The fourth-order valence-electron chi connectivity index (χ4n) is 8.26. The summed E-state index contributed by atoms with van der Waals surface area (Å²) >= 11 is 0. The number of nitrogens with zero attached hydrogens (tertiary/aromatic N) is 6. The molecular weight excluding hydrogens is 684 g/mol. The first-order chi connectivity index (χ1) is 26.3. The van der Waals surface area contributed by atoms with Crippen molar-refractivity contribution in [3.63, 3.8) is 0 Å². The molecule has 0 bridgehead atoms. The van der Waals surface area contributed by atoms with Gasteiger partial charge in [0.25, 0.3) is 5.56 Å². The molecule has 12 nitrogen and oxygen atoms in total. The van der Waals surface area contributed by atoms with E-state index in [1.165, 1.54) is 4.90 Å². The normalized spacial score (nSPS) is 21.3. The summed E-state index contributed by atoms with van der Waals surface area (Å²) in [6.07, 6.45) is 7.72. The van der Waals surface area contributed by atoms with Crippen LogP contribution >= 0.6 is 0 Å². The SMILES string of the molecule is Cc1cc(-c2ccc3nc(N4CCC(CN5CCN(C(=O)O)CC5)CC4)nc(C(COC4CCCCO4)(OC4CC4)c4ccccc4)c3c2)cn(C)c1=O. The van der Waals surface area contributed by atoms with Gasteiger partial charge in [-0.25, -0.2) is 14.8 Å². The maximum atomic E-state index is 12.6. The number of benzene rings is 2. The van der Waals surface area contributed by atoms with E-state index in [-0.39, 0.29) is 24.6 Å². The van der Waals surface area contributed by atoms with E-state index in [0.717, 1.165) is 111 Å². The summed E-state index contributed by atoms with van der Waals surface area (Å²) in [5, 5.41) is 10.3. The number of fused-ring (bicyclic) bond motifs is 1. The predicted molar refractivity (Wildman–Crippen MR) is 207 cm³/mol. The maximum Gasteiger partial charge on any atom is 0.407 e. The molecule has 1 amide bonds. The van der Waals surface area contributed by atoms with Crippen molar-refractivity contribution in [2.75, 3.05) is 63.9 Å². The molecule has 4 aliphatic rings. The zero-order valence-corrected chi connectivity index (χ0v) is 31.5. The molecule has 286 valence electrons.